The number of ketones is 2. The molecular formula is C24H28N4O6. The molecule has 180 valence electrons. The number of rotatable bonds is 2. The van der Waals surface area contributed by atoms with E-state index in [9.17, 15) is 30.2 Å². The van der Waals surface area contributed by atoms with Crippen LogP contribution < -0.4 is 9.80 Å². The van der Waals surface area contributed by atoms with Gasteiger partial charge in [0.2, 0.25) is 11.6 Å². The number of carbonyl (C=O) groups is 2. The number of anilines is 2. The Kier molecular flexibility index (Phi) is 5.10. The Bertz CT molecular complexity index is 1100. The Morgan fingerprint density at radius 1 is 0.647 bits per heavy atom. The molecule has 0 amide bonds. The summed E-state index contributed by atoms with van der Waals surface area (Å²) in [5.74, 6) is -1.82. The van der Waals surface area contributed by atoms with E-state index >= 15 is 0 Å². The van der Waals surface area contributed by atoms with Crippen LogP contribution in [0.25, 0.3) is 0 Å². The molecule has 0 radical (unpaired) electrons. The molecular weight excluding hydrogens is 440 g/mol. The third-order valence-corrected chi connectivity index (χ3v) is 7.28. The lowest BCUT2D eigenvalue weighted by atomic mass is 9.80. The molecule has 0 unspecified atom stereocenters. The zero-order chi connectivity index (χ0) is 24.4. The Morgan fingerprint density at radius 3 is 1.29 bits per heavy atom. The van der Waals surface area contributed by atoms with Gasteiger partial charge >= 0.3 is 0 Å². The molecule has 2 saturated heterocycles. The molecule has 2 aliphatic heterocycles. The number of piperazine rings is 2. The van der Waals surface area contributed by atoms with Crippen LogP contribution >= 0.6 is 0 Å². The highest BCUT2D eigenvalue weighted by molar-refractivity contribution is 6.33. The molecule has 34 heavy (non-hydrogen) atoms. The van der Waals surface area contributed by atoms with E-state index in [1.54, 1.807) is 26.2 Å². The molecule has 0 aromatic heterocycles. The van der Waals surface area contributed by atoms with Crippen molar-refractivity contribution in [1.29, 1.82) is 0 Å². The maximum Gasteiger partial charge on any atom is 0.200 e. The second kappa shape index (κ2) is 7.67. The van der Waals surface area contributed by atoms with Crippen molar-refractivity contribution in [3.63, 3.8) is 0 Å². The number of quaternary nitrogens is 2. The molecule has 2 aromatic carbocycles. The van der Waals surface area contributed by atoms with Gasteiger partial charge in [0.05, 0.1) is 88.7 Å². The lowest BCUT2D eigenvalue weighted by Crippen LogP contribution is -2.54. The summed E-state index contributed by atoms with van der Waals surface area (Å²) in [5, 5.41) is 45.6. The number of phenolic OH excluding ortho intramolecular Hbond substituents is 2. The van der Waals surface area contributed by atoms with Crippen LogP contribution in [0.3, 0.4) is 0 Å². The average molecular weight is 469 g/mol. The molecule has 0 atom stereocenters. The van der Waals surface area contributed by atoms with Crippen molar-refractivity contribution in [1.82, 2.24) is 0 Å². The van der Waals surface area contributed by atoms with Gasteiger partial charge in [-0.2, -0.15) is 0 Å². The van der Waals surface area contributed by atoms with E-state index in [2.05, 4.69) is 0 Å². The lowest BCUT2D eigenvalue weighted by Gasteiger charge is -2.47. The molecule has 2 fully saturated rings. The number of phenols is 2. The number of aromatic hydroxyl groups is 2. The molecule has 10 nitrogen and oxygen atoms in total. The van der Waals surface area contributed by atoms with Gasteiger partial charge < -0.3 is 39.7 Å². The summed E-state index contributed by atoms with van der Waals surface area (Å²) in [5.41, 5.74) is 0.989. The highest BCUT2D eigenvalue weighted by Crippen LogP contribution is 2.44. The maximum atomic E-state index is 13.8. The predicted octanol–water partition coefficient (Wildman–Crippen LogP) is 1.40. The van der Waals surface area contributed by atoms with Crippen molar-refractivity contribution in [3.05, 3.63) is 56.9 Å². The first-order chi connectivity index (χ1) is 16.0. The number of nitrogens with zero attached hydrogens (tertiary/aromatic N) is 4. The van der Waals surface area contributed by atoms with Gasteiger partial charge in [0.1, 0.15) is 11.5 Å². The zero-order valence-corrected chi connectivity index (χ0v) is 19.3. The highest BCUT2D eigenvalue weighted by atomic mass is 16.5. The fourth-order valence-electron chi connectivity index (χ4n) is 5.12. The molecule has 5 rings (SSSR count). The van der Waals surface area contributed by atoms with Gasteiger partial charge in [-0.25, -0.2) is 0 Å². The number of fused-ring (bicyclic) bond motifs is 2. The molecule has 0 spiro atoms. The first-order valence-electron chi connectivity index (χ1n) is 11.4. The maximum absolute atomic E-state index is 13.8. The van der Waals surface area contributed by atoms with Crippen LogP contribution in [0.1, 0.15) is 31.8 Å². The minimum Gasteiger partial charge on any atom is -0.633 e. The Labute approximate surface area is 197 Å². The van der Waals surface area contributed by atoms with Crippen LogP contribution in [-0.2, 0) is 0 Å². The third-order valence-electron chi connectivity index (χ3n) is 7.28. The standard InChI is InChI=1S/C24H28N4O6/c1-27(33)11-7-25(8-12-27)15-3-4-16(26-9-13-28(2,34)14-10-26)20-19(15)23(31)21-17(29)5-6-18(30)22(21)24(20)32/h3-6,29-30H,7-14H2,1-2H3. The van der Waals surface area contributed by atoms with Crippen LogP contribution in [0.15, 0.2) is 24.3 Å². The first kappa shape index (κ1) is 22.6. The van der Waals surface area contributed by atoms with Crippen molar-refractivity contribution in [2.45, 2.75) is 0 Å². The van der Waals surface area contributed by atoms with Crippen molar-refractivity contribution in [3.8, 4) is 11.5 Å². The first-order valence-corrected chi connectivity index (χ1v) is 11.4. The van der Waals surface area contributed by atoms with E-state index in [4.69, 9.17) is 0 Å². The van der Waals surface area contributed by atoms with Crippen LogP contribution in [0.5, 0.6) is 11.5 Å². The molecule has 1 aliphatic carbocycles. The van der Waals surface area contributed by atoms with Crippen LogP contribution in [-0.4, -0.2) is 97.5 Å². The van der Waals surface area contributed by atoms with Crippen LogP contribution in [0, 0.1) is 10.4 Å². The van der Waals surface area contributed by atoms with Crippen LogP contribution in [0.4, 0.5) is 11.4 Å². The van der Waals surface area contributed by atoms with Crippen LogP contribution in [0.2, 0.25) is 0 Å². The van der Waals surface area contributed by atoms with Crippen molar-refractivity contribution in [2.24, 2.45) is 0 Å². The summed E-state index contributed by atoms with van der Waals surface area (Å²) >= 11 is 0. The van der Waals surface area contributed by atoms with Gasteiger partial charge in [-0.05, 0) is 24.3 Å². The highest BCUT2D eigenvalue weighted by Gasteiger charge is 2.40. The predicted molar refractivity (Wildman–Crippen MR) is 126 cm³/mol. The lowest BCUT2D eigenvalue weighted by molar-refractivity contribution is -0.861. The van der Waals surface area contributed by atoms with Gasteiger partial charge in [-0.15, -0.1) is 0 Å². The number of hydrogen-bond donors (Lipinski definition) is 2. The summed E-state index contributed by atoms with van der Waals surface area (Å²) in [6.45, 7) is 3.04. The number of hydroxylamine groups is 6. The summed E-state index contributed by atoms with van der Waals surface area (Å²) < 4.78 is -0.748. The van der Waals surface area contributed by atoms with E-state index in [0.717, 1.165) is 0 Å². The largest absolute Gasteiger partial charge is 0.633 e. The molecule has 3 aliphatic rings. The van der Waals surface area contributed by atoms with Gasteiger partial charge in [0.15, 0.2) is 0 Å². The monoisotopic (exact) mass is 468 g/mol. The van der Waals surface area contributed by atoms with Gasteiger partial charge in [-0.3, -0.25) is 9.59 Å². The molecule has 2 heterocycles. The second-order valence-corrected chi connectivity index (χ2v) is 9.83. The molecule has 0 bridgehead atoms. The summed E-state index contributed by atoms with van der Waals surface area (Å²) in [6, 6.07) is 5.97. The van der Waals surface area contributed by atoms with Gasteiger partial charge in [0, 0.05) is 11.4 Å². The molecule has 2 aromatic rings. The summed E-state index contributed by atoms with van der Waals surface area (Å²) in [7, 11) is 3.22. The zero-order valence-electron chi connectivity index (χ0n) is 19.3. The van der Waals surface area contributed by atoms with E-state index in [0.29, 0.717) is 63.7 Å². The number of benzene rings is 2. The fourth-order valence-corrected chi connectivity index (χ4v) is 5.12. The fraction of sp³-hybridized carbons (Fsp3) is 0.417. The number of carbonyl (C=O) groups excluding carboxylic acids is 2. The van der Waals surface area contributed by atoms with Gasteiger partial charge in [-0.1, -0.05) is 0 Å². The van der Waals surface area contributed by atoms with E-state index in [1.165, 1.54) is 12.1 Å². The second-order valence-electron chi connectivity index (χ2n) is 9.83. The Balaban J connectivity index is 1.67. The number of likely N-dealkylation sites (N-methyl/N-ethyl adjacent to an activating group) is 2. The van der Waals surface area contributed by atoms with Crippen molar-refractivity contribution in [2.75, 3.05) is 76.3 Å². The smallest absolute Gasteiger partial charge is 0.200 e. The summed E-state index contributed by atoms with van der Waals surface area (Å²) in [6.07, 6.45) is 0. The SMILES string of the molecule is C[N+]1([O-])CCN(c2ccc(N3CC[N+](C)([O-])CC3)c3c2C(=O)c2c(O)ccc(O)c2C3=O)CC1. The minimum absolute atomic E-state index is 0.169. The van der Waals surface area contributed by atoms with E-state index in [1.807, 2.05) is 9.80 Å². The normalized spacial score (nSPS) is 21.3. The third kappa shape index (κ3) is 3.59. The molecule has 10 heteroatoms. The van der Waals surface area contributed by atoms with Crippen molar-refractivity contribution < 1.29 is 29.1 Å². The average Bonchev–Trinajstić information content (AvgIpc) is 2.78. The van der Waals surface area contributed by atoms with Crippen molar-refractivity contribution >= 4 is 22.9 Å². The Hall–Kier alpha value is -3.18. The summed E-state index contributed by atoms with van der Waals surface area (Å²) in [4.78, 5) is 31.4. The number of hydrogen-bond acceptors (Lipinski definition) is 8. The van der Waals surface area contributed by atoms with Gasteiger partial charge in [0.25, 0.3) is 0 Å². The molecule has 0 saturated carbocycles. The quantitative estimate of drug-likeness (QED) is 0.328. The van der Waals surface area contributed by atoms with E-state index < -0.39 is 11.6 Å². The minimum atomic E-state index is -0.541. The molecule has 2 N–H and O–H groups in total. The topological polar surface area (TPSA) is 127 Å². The Morgan fingerprint density at radius 2 is 0.971 bits per heavy atom. The van der Waals surface area contributed by atoms with E-state index in [-0.39, 0.29) is 43.0 Å².